The highest BCUT2D eigenvalue weighted by Crippen LogP contribution is 2.11. The van der Waals surface area contributed by atoms with E-state index < -0.39 is 11.8 Å². The highest BCUT2D eigenvalue weighted by molar-refractivity contribution is 6.01. The largest absolute Gasteiger partial charge is 0.369 e. The van der Waals surface area contributed by atoms with Crippen molar-refractivity contribution in [2.45, 2.75) is 13.0 Å². The maximum absolute atomic E-state index is 12.1. The number of carbonyl (C=O) groups is 2. The molecule has 0 saturated heterocycles. The minimum atomic E-state index is -0.816. The van der Waals surface area contributed by atoms with Crippen LogP contribution in [0.4, 0.5) is 0 Å². The van der Waals surface area contributed by atoms with Crippen LogP contribution in [0.3, 0.4) is 0 Å². The van der Waals surface area contributed by atoms with Crippen molar-refractivity contribution < 1.29 is 19.2 Å². The predicted octanol–water partition coefficient (Wildman–Crippen LogP) is 1.98. The van der Waals surface area contributed by atoms with Gasteiger partial charge in [0.25, 0.3) is 5.91 Å². The van der Waals surface area contributed by atoms with Gasteiger partial charge in [0.15, 0.2) is 5.78 Å². The number of hydrogen-bond acceptors (Lipinski definition) is 4. The normalized spacial score (nSPS) is 11.7. The summed E-state index contributed by atoms with van der Waals surface area (Å²) < 4.78 is 5.38. The molecule has 0 radical (unpaired) electrons. The Hall–Kier alpha value is -1.98. The predicted molar refractivity (Wildman–Crippen MR) is 79.2 cm³/mol. The molecule has 0 saturated carbocycles. The topological polar surface area (TPSA) is 55.8 Å². The Labute approximate surface area is 125 Å². The smallest absolute Gasteiger partial charge is 0.256 e. The second-order valence-electron chi connectivity index (χ2n) is 4.54. The van der Waals surface area contributed by atoms with E-state index in [1.165, 1.54) is 14.2 Å². The number of carbonyl (C=O) groups excluding carboxylic acids is 2. The number of benzene rings is 1. The van der Waals surface area contributed by atoms with E-state index in [0.717, 1.165) is 10.6 Å². The van der Waals surface area contributed by atoms with Crippen molar-refractivity contribution in [2.24, 2.45) is 5.92 Å². The maximum Gasteiger partial charge on any atom is 0.256 e. The first-order valence-corrected chi connectivity index (χ1v) is 6.67. The van der Waals surface area contributed by atoms with Gasteiger partial charge in [-0.2, -0.15) is 0 Å². The summed E-state index contributed by atoms with van der Waals surface area (Å²) in [6, 6.07) is 9.54. The molecule has 0 aliphatic heterocycles. The van der Waals surface area contributed by atoms with Crippen LogP contribution in [0.2, 0.25) is 0 Å². The van der Waals surface area contributed by atoms with Crippen molar-refractivity contribution in [1.29, 1.82) is 0 Å². The molecule has 1 aromatic rings. The molecule has 1 aromatic carbocycles. The zero-order valence-corrected chi connectivity index (χ0v) is 12.5. The summed E-state index contributed by atoms with van der Waals surface area (Å²) in [6.07, 6.45) is 1.81. The van der Waals surface area contributed by atoms with Crippen molar-refractivity contribution in [3.05, 3.63) is 48.6 Å². The van der Waals surface area contributed by atoms with Crippen LogP contribution in [0.1, 0.15) is 12.0 Å². The second-order valence-corrected chi connectivity index (χ2v) is 4.54. The van der Waals surface area contributed by atoms with Gasteiger partial charge in [-0.15, -0.1) is 6.58 Å². The van der Waals surface area contributed by atoms with Gasteiger partial charge < -0.3 is 4.74 Å². The standard InChI is InChI=1S/C16H21NO4/c1-4-8-14(16(19)17(2)20-3)15(18)12-21-11-13-9-6-5-7-10-13/h4-7,9-10,14H,1,8,11-12H2,2-3H3. The quantitative estimate of drug-likeness (QED) is 0.396. The zero-order valence-electron chi connectivity index (χ0n) is 12.5. The molecule has 0 aliphatic rings. The summed E-state index contributed by atoms with van der Waals surface area (Å²) >= 11 is 0. The van der Waals surface area contributed by atoms with E-state index in [0.29, 0.717) is 6.61 Å². The molecule has 1 atom stereocenters. The molecule has 1 unspecified atom stereocenters. The summed E-state index contributed by atoms with van der Waals surface area (Å²) in [4.78, 5) is 28.9. The number of Topliss-reactive ketones (excluding diaryl/α,β-unsaturated/α-hetero) is 1. The fourth-order valence-corrected chi connectivity index (χ4v) is 1.79. The maximum atomic E-state index is 12.1. The van der Waals surface area contributed by atoms with Crippen LogP contribution >= 0.6 is 0 Å². The number of hydrogen-bond donors (Lipinski definition) is 0. The molecule has 1 rings (SSSR count). The summed E-state index contributed by atoms with van der Waals surface area (Å²) in [6.45, 7) is 3.79. The van der Waals surface area contributed by atoms with Crippen LogP contribution in [-0.2, 0) is 25.8 Å². The van der Waals surface area contributed by atoms with Crippen molar-refractivity contribution in [3.63, 3.8) is 0 Å². The van der Waals surface area contributed by atoms with E-state index in [9.17, 15) is 9.59 Å². The van der Waals surface area contributed by atoms with Crippen molar-refractivity contribution >= 4 is 11.7 Å². The number of ketones is 1. The third-order valence-corrected chi connectivity index (χ3v) is 3.03. The summed E-state index contributed by atoms with van der Waals surface area (Å²) in [7, 11) is 2.84. The fraction of sp³-hybridized carbons (Fsp3) is 0.375. The Morgan fingerprint density at radius 1 is 1.33 bits per heavy atom. The lowest BCUT2D eigenvalue weighted by Crippen LogP contribution is -2.37. The van der Waals surface area contributed by atoms with E-state index in [4.69, 9.17) is 9.57 Å². The fourth-order valence-electron chi connectivity index (χ4n) is 1.79. The molecule has 0 fully saturated rings. The van der Waals surface area contributed by atoms with Gasteiger partial charge in [-0.05, 0) is 12.0 Å². The number of ether oxygens (including phenoxy) is 1. The van der Waals surface area contributed by atoms with Gasteiger partial charge in [0.1, 0.15) is 12.5 Å². The first kappa shape index (κ1) is 17.1. The van der Waals surface area contributed by atoms with Crippen molar-refractivity contribution in [3.8, 4) is 0 Å². The van der Waals surface area contributed by atoms with Crippen LogP contribution in [-0.4, -0.2) is 37.5 Å². The molecule has 0 N–H and O–H groups in total. The van der Waals surface area contributed by atoms with Gasteiger partial charge in [0.2, 0.25) is 0 Å². The number of amides is 1. The van der Waals surface area contributed by atoms with Crippen LogP contribution in [0.5, 0.6) is 0 Å². The van der Waals surface area contributed by atoms with Gasteiger partial charge in [-0.1, -0.05) is 36.4 Å². The molecular weight excluding hydrogens is 270 g/mol. The molecule has 0 aliphatic carbocycles. The Kier molecular flexibility index (Phi) is 7.36. The first-order valence-electron chi connectivity index (χ1n) is 6.67. The average Bonchev–Trinajstić information content (AvgIpc) is 2.52. The first-order chi connectivity index (χ1) is 10.1. The van der Waals surface area contributed by atoms with E-state index in [2.05, 4.69) is 6.58 Å². The molecular formula is C16H21NO4. The van der Waals surface area contributed by atoms with Crippen molar-refractivity contribution in [2.75, 3.05) is 20.8 Å². The van der Waals surface area contributed by atoms with E-state index in [1.54, 1.807) is 6.08 Å². The Bertz CT molecular complexity index is 472. The molecule has 0 spiro atoms. The van der Waals surface area contributed by atoms with Crippen LogP contribution in [0, 0.1) is 5.92 Å². The highest BCUT2D eigenvalue weighted by atomic mass is 16.7. The number of rotatable bonds is 9. The van der Waals surface area contributed by atoms with Gasteiger partial charge in [0.05, 0.1) is 13.7 Å². The lowest BCUT2D eigenvalue weighted by molar-refractivity contribution is -0.175. The molecule has 1 amide bonds. The van der Waals surface area contributed by atoms with Crippen LogP contribution < -0.4 is 0 Å². The summed E-state index contributed by atoms with van der Waals surface area (Å²) in [5, 5.41) is 1.04. The molecule has 5 nitrogen and oxygen atoms in total. The van der Waals surface area contributed by atoms with Gasteiger partial charge in [-0.3, -0.25) is 14.4 Å². The minimum absolute atomic E-state index is 0.114. The SMILES string of the molecule is C=CCC(C(=O)COCc1ccccc1)C(=O)N(C)OC. The third-order valence-electron chi connectivity index (χ3n) is 3.03. The van der Waals surface area contributed by atoms with Crippen LogP contribution in [0.15, 0.2) is 43.0 Å². The Morgan fingerprint density at radius 3 is 2.57 bits per heavy atom. The summed E-state index contributed by atoms with van der Waals surface area (Å²) in [5.41, 5.74) is 0.978. The number of hydroxylamine groups is 2. The van der Waals surface area contributed by atoms with Gasteiger partial charge >= 0.3 is 0 Å². The molecule has 0 heterocycles. The lowest BCUT2D eigenvalue weighted by atomic mass is 9.99. The zero-order chi connectivity index (χ0) is 15.7. The minimum Gasteiger partial charge on any atom is -0.369 e. The number of nitrogens with zero attached hydrogens (tertiary/aromatic N) is 1. The Balaban J connectivity index is 2.53. The van der Waals surface area contributed by atoms with Gasteiger partial charge in [0, 0.05) is 7.05 Å². The molecule has 5 heteroatoms. The average molecular weight is 291 g/mol. The monoisotopic (exact) mass is 291 g/mol. The number of allylic oxidation sites excluding steroid dienone is 1. The third kappa shape index (κ3) is 5.49. The van der Waals surface area contributed by atoms with E-state index >= 15 is 0 Å². The van der Waals surface area contributed by atoms with E-state index in [-0.39, 0.29) is 18.8 Å². The Morgan fingerprint density at radius 2 is 2.00 bits per heavy atom. The van der Waals surface area contributed by atoms with Crippen molar-refractivity contribution in [1.82, 2.24) is 5.06 Å². The van der Waals surface area contributed by atoms with Crippen LogP contribution in [0.25, 0.3) is 0 Å². The molecule has 21 heavy (non-hydrogen) atoms. The second kappa shape index (κ2) is 9.05. The van der Waals surface area contributed by atoms with Gasteiger partial charge in [-0.25, -0.2) is 5.06 Å². The molecule has 0 aromatic heterocycles. The van der Waals surface area contributed by atoms with E-state index in [1.807, 2.05) is 30.3 Å². The summed E-state index contributed by atoms with van der Waals surface area (Å²) in [5.74, 6) is -1.49. The highest BCUT2D eigenvalue weighted by Gasteiger charge is 2.28. The molecule has 0 bridgehead atoms. The lowest BCUT2D eigenvalue weighted by Gasteiger charge is -2.19. The molecule has 114 valence electrons.